The molecule has 0 aliphatic heterocycles. The number of nitrogens with zero attached hydrogens (tertiary/aromatic N) is 1. The number of nitrogens with one attached hydrogen (secondary N) is 1. The molecular formula is C19H21ClN2O2. The molecule has 2 aromatic rings. The van der Waals surface area contributed by atoms with E-state index in [1.807, 2.05) is 38.1 Å². The second-order valence-electron chi connectivity index (χ2n) is 5.80. The predicted molar refractivity (Wildman–Crippen MR) is 97.2 cm³/mol. The van der Waals surface area contributed by atoms with Gasteiger partial charge in [0.2, 0.25) is 11.8 Å². The van der Waals surface area contributed by atoms with Crippen molar-refractivity contribution in [2.24, 2.45) is 0 Å². The van der Waals surface area contributed by atoms with Crippen LogP contribution in [0.4, 0.5) is 5.69 Å². The molecule has 0 radical (unpaired) electrons. The fraction of sp³-hybridized carbons (Fsp3) is 0.263. The molecular weight excluding hydrogens is 324 g/mol. The van der Waals surface area contributed by atoms with Crippen molar-refractivity contribution in [3.63, 3.8) is 0 Å². The van der Waals surface area contributed by atoms with Gasteiger partial charge >= 0.3 is 0 Å². The van der Waals surface area contributed by atoms with Crippen LogP contribution in [0.5, 0.6) is 0 Å². The van der Waals surface area contributed by atoms with Crippen molar-refractivity contribution in [1.82, 2.24) is 5.32 Å². The summed E-state index contributed by atoms with van der Waals surface area (Å²) < 4.78 is 0. The molecule has 0 saturated carbocycles. The summed E-state index contributed by atoms with van der Waals surface area (Å²) in [5.74, 6) is -0.397. The van der Waals surface area contributed by atoms with E-state index in [2.05, 4.69) is 5.32 Å². The molecule has 1 N–H and O–H groups in total. The third-order valence-electron chi connectivity index (χ3n) is 3.74. The second-order valence-corrected chi connectivity index (χ2v) is 6.23. The lowest BCUT2D eigenvalue weighted by Crippen LogP contribution is -2.40. The predicted octanol–water partition coefficient (Wildman–Crippen LogP) is 3.63. The summed E-state index contributed by atoms with van der Waals surface area (Å²) in [7, 11) is 0. The summed E-state index contributed by atoms with van der Waals surface area (Å²) in [6.45, 7) is 5.73. The van der Waals surface area contributed by atoms with Gasteiger partial charge in [-0.3, -0.25) is 9.59 Å². The molecule has 0 heterocycles. The molecule has 0 spiro atoms. The van der Waals surface area contributed by atoms with Crippen molar-refractivity contribution in [3.8, 4) is 0 Å². The second kappa shape index (κ2) is 7.97. The molecule has 0 bridgehead atoms. The van der Waals surface area contributed by atoms with Gasteiger partial charge in [0, 0.05) is 24.2 Å². The Kier molecular flexibility index (Phi) is 5.99. The maximum atomic E-state index is 12.2. The molecule has 2 rings (SSSR count). The average molecular weight is 345 g/mol. The van der Waals surface area contributed by atoms with Crippen molar-refractivity contribution in [1.29, 1.82) is 0 Å². The zero-order valence-corrected chi connectivity index (χ0v) is 14.9. The maximum Gasteiger partial charge on any atom is 0.240 e. The van der Waals surface area contributed by atoms with Crippen LogP contribution in [0.1, 0.15) is 23.6 Å². The number of hydrogen-bond acceptors (Lipinski definition) is 2. The lowest BCUT2D eigenvalue weighted by molar-refractivity contribution is -0.123. The Labute approximate surface area is 147 Å². The summed E-state index contributed by atoms with van der Waals surface area (Å²) in [5, 5.41) is 3.45. The Morgan fingerprint density at radius 1 is 1.08 bits per heavy atom. The molecule has 2 amide bonds. The number of aryl methyl sites for hydroxylation is 2. The van der Waals surface area contributed by atoms with Crippen LogP contribution in [-0.2, 0) is 16.1 Å². The first kappa shape index (κ1) is 18.0. The first-order valence-electron chi connectivity index (χ1n) is 7.73. The average Bonchev–Trinajstić information content (AvgIpc) is 2.52. The molecule has 126 valence electrons. The highest BCUT2D eigenvalue weighted by Crippen LogP contribution is 2.23. The molecule has 0 saturated heterocycles. The van der Waals surface area contributed by atoms with Crippen LogP contribution in [-0.4, -0.2) is 18.4 Å². The van der Waals surface area contributed by atoms with Gasteiger partial charge in [-0.2, -0.15) is 0 Å². The van der Waals surface area contributed by atoms with Crippen LogP contribution in [0.3, 0.4) is 0 Å². The number of rotatable bonds is 5. The van der Waals surface area contributed by atoms with Crippen molar-refractivity contribution in [2.75, 3.05) is 11.4 Å². The van der Waals surface area contributed by atoms with Gasteiger partial charge in [-0.25, -0.2) is 0 Å². The fourth-order valence-electron chi connectivity index (χ4n) is 2.39. The van der Waals surface area contributed by atoms with Crippen LogP contribution in [0.15, 0.2) is 42.5 Å². The number of amides is 2. The number of halogens is 1. The molecule has 2 aromatic carbocycles. The van der Waals surface area contributed by atoms with Gasteiger partial charge in [-0.1, -0.05) is 41.4 Å². The minimum absolute atomic E-state index is 0.0241. The van der Waals surface area contributed by atoms with Crippen molar-refractivity contribution in [2.45, 2.75) is 27.3 Å². The quantitative estimate of drug-likeness (QED) is 0.900. The number of anilines is 1. The van der Waals surface area contributed by atoms with E-state index in [9.17, 15) is 9.59 Å². The van der Waals surface area contributed by atoms with Crippen LogP contribution < -0.4 is 10.2 Å². The Balaban J connectivity index is 2.03. The topological polar surface area (TPSA) is 49.4 Å². The largest absolute Gasteiger partial charge is 0.350 e. The number of carbonyl (C=O) groups is 2. The summed E-state index contributed by atoms with van der Waals surface area (Å²) in [5.41, 5.74) is 3.73. The van der Waals surface area contributed by atoms with E-state index >= 15 is 0 Å². The fourth-order valence-corrected chi connectivity index (χ4v) is 2.62. The van der Waals surface area contributed by atoms with Crippen molar-refractivity contribution < 1.29 is 9.59 Å². The Morgan fingerprint density at radius 3 is 2.33 bits per heavy atom. The third kappa shape index (κ3) is 4.83. The van der Waals surface area contributed by atoms with E-state index in [-0.39, 0.29) is 18.4 Å². The maximum absolute atomic E-state index is 12.2. The lowest BCUT2D eigenvalue weighted by Gasteiger charge is -2.22. The van der Waals surface area contributed by atoms with Crippen LogP contribution in [0.2, 0.25) is 5.02 Å². The number of benzene rings is 2. The smallest absolute Gasteiger partial charge is 0.240 e. The lowest BCUT2D eigenvalue weighted by atomic mass is 10.1. The minimum Gasteiger partial charge on any atom is -0.350 e. The number of hydrogen-bond donors (Lipinski definition) is 1. The monoisotopic (exact) mass is 344 g/mol. The van der Waals surface area contributed by atoms with Crippen LogP contribution >= 0.6 is 11.6 Å². The van der Waals surface area contributed by atoms with Gasteiger partial charge in [0.05, 0.1) is 0 Å². The van der Waals surface area contributed by atoms with Gasteiger partial charge in [0.15, 0.2) is 0 Å². The molecule has 0 aliphatic rings. The molecule has 0 atom stereocenters. The molecule has 4 nitrogen and oxygen atoms in total. The first-order chi connectivity index (χ1) is 11.4. The zero-order valence-electron chi connectivity index (χ0n) is 14.1. The van der Waals surface area contributed by atoms with Crippen LogP contribution in [0, 0.1) is 13.8 Å². The first-order valence-corrected chi connectivity index (χ1v) is 8.11. The Hall–Kier alpha value is -2.33. The highest BCUT2D eigenvalue weighted by atomic mass is 35.5. The minimum atomic E-state index is -0.208. The summed E-state index contributed by atoms with van der Waals surface area (Å²) in [6.07, 6.45) is 0. The standard InChI is InChI=1S/C19H21ClN2O2/c1-13-4-6-16(7-5-13)11-21-19(24)12-22(15(3)23)18-9-8-17(20)10-14(18)2/h4-10H,11-12H2,1-3H3,(H,21,24). The van der Waals surface area contributed by atoms with E-state index in [1.165, 1.54) is 17.4 Å². The Bertz CT molecular complexity index is 742. The third-order valence-corrected chi connectivity index (χ3v) is 3.98. The van der Waals surface area contributed by atoms with E-state index in [4.69, 9.17) is 11.6 Å². The van der Waals surface area contributed by atoms with E-state index in [1.54, 1.807) is 18.2 Å². The van der Waals surface area contributed by atoms with Crippen molar-refractivity contribution >= 4 is 29.1 Å². The molecule has 0 aliphatic carbocycles. The number of carbonyl (C=O) groups excluding carboxylic acids is 2. The Morgan fingerprint density at radius 2 is 1.75 bits per heavy atom. The molecule has 0 aromatic heterocycles. The van der Waals surface area contributed by atoms with Crippen LogP contribution in [0.25, 0.3) is 0 Å². The molecule has 5 heteroatoms. The van der Waals surface area contributed by atoms with E-state index < -0.39 is 0 Å². The van der Waals surface area contributed by atoms with E-state index in [0.29, 0.717) is 17.3 Å². The molecule has 24 heavy (non-hydrogen) atoms. The summed E-state index contributed by atoms with van der Waals surface area (Å²) >= 11 is 5.95. The SMILES string of the molecule is CC(=O)N(CC(=O)NCc1ccc(C)cc1)c1ccc(Cl)cc1C. The van der Waals surface area contributed by atoms with Gasteiger partial charge in [0.1, 0.15) is 6.54 Å². The molecule has 0 fully saturated rings. The van der Waals surface area contributed by atoms with Gasteiger partial charge in [0.25, 0.3) is 0 Å². The van der Waals surface area contributed by atoms with Gasteiger partial charge < -0.3 is 10.2 Å². The van der Waals surface area contributed by atoms with E-state index in [0.717, 1.165) is 11.1 Å². The van der Waals surface area contributed by atoms with Gasteiger partial charge in [-0.15, -0.1) is 0 Å². The summed E-state index contributed by atoms with van der Waals surface area (Å²) in [6, 6.07) is 13.2. The zero-order chi connectivity index (χ0) is 17.7. The summed E-state index contributed by atoms with van der Waals surface area (Å²) in [4.78, 5) is 25.6. The molecule has 0 unspecified atom stereocenters. The highest BCUT2D eigenvalue weighted by Gasteiger charge is 2.17. The van der Waals surface area contributed by atoms with Gasteiger partial charge in [-0.05, 0) is 43.2 Å². The highest BCUT2D eigenvalue weighted by molar-refractivity contribution is 6.30. The normalized spacial score (nSPS) is 10.3. The van der Waals surface area contributed by atoms with Crippen molar-refractivity contribution in [3.05, 3.63) is 64.2 Å².